The molecule has 0 fully saturated rings. The molecule has 14 nitrogen and oxygen atoms in total. The van der Waals surface area contributed by atoms with Gasteiger partial charge in [-0.05, 0) is 93.9 Å². The number of amides is 2. The molecular weight excluding hydrogens is 868 g/mol. The van der Waals surface area contributed by atoms with Crippen LogP contribution in [0.15, 0.2) is 64.7 Å². The number of hydrogen-bond acceptors (Lipinski definition) is 10. The number of imidazole rings is 1. The minimum Gasteiger partial charge on any atom is -0.857 e. The van der Waals surface area contributed by atoms with Crippen LogP contribution in [0.3, 0.4) is 0 Å². The molecule has 1 aromatic heterocycles. The Kier molecular flexibility index (Phi) is 14.7. The highest BCUT2D eigenvalue weighted by atomic mass is 79.9. The van der Waals surface area contributed by atoms with Gasteiger partial charge in [-0.3, -0.25) is 14.6 Å². The molecule has 2 heterocycles. The van der Waals surface area contributed by atoms with E-state index in [1.165, 1.54) is 7.11 Å². The van der Waals surface area contributed by atoms with Gasteiger partial charge in [0.2, 0.25) is 6.33 Å². The summed E-state index contributed by atoms with van der Waals surface area (Å²) in [6, 6.07) is 3.55. The fraction of sp³-hybridized carbons (Fsp3) is 0.393. The molecule has 1 aromatic carbocycles. The lowest BCUT2D eigenvalue weighted by atomic mass is 9.87. The molecule has 0 radical (unpaired) electrons. The third-order valence-corrected chi connectivity index (χ3v) is 9.25. The summed E-state index contributed by atoms with van der Waals surface area (Å²) in [5.74, 6) is 0.105. The van der Waals surface area contributed by atoms with Crippen LogP contribution in [0.1, 0.15) is 24.1 Å². The number of allylic oxidation sites excluding steroid dienone is 1. The summed E-state index contributed by atoms with van der Waals surface area (Å²) in [6.45, 7) is 0.977. The molecule has 1 spiro atoms. The summed E-state index contributed by atoms with van der Waals surface area (Å²) in [5.41, 5.74) is 0.551. The number of aliphatic hydroxyl groups excluding tert-OH is 1. The maximum atomic E-state index is 12.7. The number of oxime groups is 2. The molecule has 1 aliphatic heterocycles. The van der Waals surface area contributed by atoms with Crippen LogP contribution < -0.4 is 25.5 Å². The van der Waals surface area contributed by atoms with Gasteiger partial charge in [0.05, 0.1) is 31.6 Å². The predicted molar refractivity (Wildman–Crippen MR) is 180 cm³/mol. The van der Waals surface area contributed by atoms with Gasteiger partial charge in [-0.1, -0.05) is 10.3 Å². The summed E-state index contributed by atoms with van der Waals surface area (Å²) in [5, 5.41) is 41.1. The first kappa shape index (κ1) is 37.7. The van der Waals surface area contributed by atoms with Crippen molar-refractivity contribution in [3.8, 4) is 5.75 Å². The van der Waals surface area contributed by atoms with Gasteiger partial charge in [-0.25, -0.2) is 4.98 Å². The number of nitrogens with zero attached hydrogens (tertiary/aromatic N) is 2. The molecule has 4 rings (SSSR count). The van der Waals surface area contributed by atoms with Crippen molar-refractivity contribution >= 4 is 87.0 Å². The Morgan fingerprint density at radius 3 is 2.57 bits per heavy atom. The number of nitrogens with one attached hydrogen (secondary N) is 4. The van der Waals surface area contributed by atoms with Crippen LogP contribution in [0.4, 0.5) is 0 Å². The molecule has 2 atom stereocenters. The number of hydrogen-bond donors (Lipinski definition) is 5. The summed E-state index contributed by atoms with van der Waals surface area (Å²) >= 11 is 13.7. The van der Waals surface area contributed by atoms with Crippen LogP contribution in [-0.2, 0) is 32.0 Å². The molecule has 6 N–H and O–H groups in total. The van der Waals surface area contributed by atoms with Crippen molar-refractivity contribution in [3.63, 3.8) is 0 Å². The van der Waals surface area contributed by atoms with Crippen LogP contribution in [0.2, 0.25) is 0 Å². The van der Waals surface area contributed by atoms with Gasteiger partial charge < -0.3 is 40.4 Å². The van der Waals surface area contributed by atoms with Crippen LogP contribution in [-0.4, -0.2) is 84.2 Å². The Balaban J connectivity index is 0.00000282. The Hall–Kier alpha value is -2.77. The van der Waals surface area contributed by atoms with E-state index in [1.54, 1.807) is 30.7 Å². The minimum atomic E-state index is -1.23. The molecule has 1 aliphatic carbocycles. The average Bonchev–Trinajstić information content (AvgIpc) is 3.72. The van der Waals surface area contributed by atoms with E-state index in [4.69, 9.17) is 19.4 Å². The zero-order valence-corrected chi connectivity index (χ0v) is 31.0. The molecule has 0 saturated carbocycles. The average molecular weight is 900 g/mol. The monoisotopic (exact) mass is 896 g/mol. The second-order valence-electron chi connectivity index (χ2n) is 9.74. The minimum absolute atomic E-state index is 0.0278. The maximum Gasteiger partial charge on any atom is 0.269 e. The molecule has 250 valence electrons. The van der Waals surface area contributed by atoms with Gasteiger partial charge in [0.15, 0.2) is 5.60 Å². The van der Waals surface area contributed by atoms with Gasteiger partial charge in [-0.15, -0.1) is 0 Å². The number of carbonyl (C=O) groups excluding carboxylic acids is 2. The molecule has 0 saturated heterocycles. The maximum absolute atomic E-state index is 12.7. The van der Waals surface area contributed by atoms with Gasteiger partial charge in [0, 0.05) is 32.4 Å². The first-order chi connectivity index (χ1) is 22.1. The van der Waals surface area contributed by atoms with Crippen LogP contribution in [0, 0.1) is 0 Å². The third-order valence-electron chi connectivity index (χ3n) is 6.69. The Morgan fingerprint density at radius 2 is 1.93 bits per heavy atom. The van der Waals surface area contributed by atoms with E-state index >= 15 is 0 Å². The number of methoxy groups -OCH3 is 1. The SMILES string of the molecule is COC1=C(Br)[C@@H](O)[C@]2(C=C1Br)CC(C(=O)NCCCOc1c(Br)cc(C/C(=N\O)C(=O)NCCc3c[nH+]c[nH]3)cc1Br)=NO2.C[O-]. The highest BCUT2D eigenvalue weighted by Gasteiger charge is 2.50. The number of rotatable bonds is 13. The Labute approximate surface area is 298 Å². The van der Waals surface area contributed by atoms with E-state index in [-0.39, 0.29) is 24.3 Å². The normalized spacial score (nSPS) is 19.0. The second kappa shape index (κ2) is 18.0. The molecule has 2 amide bonds. The molecular formula is C28H32Br4N6O8. The molecule has 0 bridgehead atoms. The predicted octanol–water partition coefficient (Wildman–Crippen LogP) is 2.37. The highest BCUT2D eigenvalue weighted by molar-refractivity contribution is 9.12. The van der Waals surface area contributed by atoms with Crippen molar-refractivity contribution < 1.29 is 44.3 Å². The lowest BCUT2D eigenvalue weighted by Crippen LogP contribution is -2.45. The van der Waals surface area contributed by atoms with Crippen molar-refractivity contribution in [1.29, 1.82) is 0 Å². The van der Waals surface area contributed by atoms with Crippen molar-refractivity contribution in [2.75, 3.05) is 33.9 Å². The quantitative estimate of drug-likeness (QED) is 0.0873. The highest BCUT2D eigenvalue weighted by Crippen LogP contribution is 2.44. The largest absolute Gasteiger partial charge is 0.857 e. The third kappa shape index (κ3) is 9.41. The van der Waals surface area contributed by atoms with Crippen molar-refractivity contribution in [1.82, 2.24) is 15.6 Å². The standard InChI is InChI=1S/C27H28Br4N6O7.CH3O/c1-42-23-18(30)10-27(24(38)21(23)31)11-20(37-44-27)26(40)33-4-2-6-43-22-16(28)7-14(8-17(22)29)9-19(36-41)25(39)34-5-3-15-12-32-13-35-15;1-2/h7-8,10,12-13,24,38,41H,2-6,9,11H2,1H3,(H,32,35)(H,33,40)(H,34,39);1H3/q;-1/p+1/b36-19+;/t24-,27+;/m1./s1. The van der Waals surface area contributed by atoms with E-state index in [0.29, 0.717) is 67.5 Å². The summed E-state index contributed by atoms with van der Waals surface area (Å²) in [4.78, 5) is 36.6. The zero-order valence-electron chi connectivity index (χ0n) is 24.7. The van der Waals surface area contributed by atoms with Gasteiger partial charge in [-0.2, -0.15) is 7.11 Å². The molecule has 0 unspecified atom stereocenters. The number of carbonyl (C=O) groups is 2. The number of halogens is 4. The lowest BCUT2D eigenvalue weighted by Gasteiger charge is -2.33. The van der Waals surface area contributed by atoms with E-state index in [9.17, 15) is 19.9 Å². The second-order valence-corrected chi connectivity index (χ2v) is 13.2. The van der Waals surface area contributed by atoms with E-state index in [0.717, 1.165) is 12.8 Å². The van der Waals surface area contributed by atoms with Crippen molar-refractivity contribution in [2.24, 2.45) is 10.3 Å². The smallest absolute Gasteiger partial charge is 0.269 e. The first-order valence-corrected chi connectivity index (χ1v) is 16.8. The van der Waals surface area contributed by atoms with E-state index < -0.39 is 23.5 Å². The van der Waals surface area contributed by atoms with Crippen LogP contribution in [0.5, 0.6) is 5.75 Å². The number of ether oxygens (including phenoxy) is 2. The zero-order chi connectivity index (χ0) is 33.9. The van der Waals surface area contributed by atoms with Gasteiger partial charge >= 0.3 is 0 Å². The van der Waals surface area contributed by atoms with Crippen molar-refractivity contribution in [3.05, 3.63) is 65.7 Å². The summed E-state index contributed by atoms with van der Waals surface area (Å²) in [6.07, 6.45) is 5.27. The summed E-state index contributed by atoms with van der Waals surface area (Å²) in [7, 11) is 2.23. The number of aliphatic hydroxyl groups is 1. The van der Waals surface area contributed by atoms with Gasteiger partial charge in [0.25, 0.3) is 11.8 Å². The van der Waals surface area contributed by atoms with Gasteiger partial charge in [0.1, 0.15) is 40.9 Å². The fourth-order valence-corrected chi connectivity index (χ4v) is 7.75. The number of H-pyrrole nitrogens is 2. The molecule has 2 aromatic rings. The summed E-state index contributed by atoms with van der Waals surface area (Å²) < 4.78 is 13.4. The molecule has 46 heavy (non-hydrogen) atoms. The van der Waals surface area contributed by atoms with E-state index in [1.807, 2.05) is 0 Å². The van der Waals surface area contributed by atoms with E-state index in [2.05, 4.69) is 94.6 Å². The first-order valence-electron chi connectivity index (χ1n) is 13.7. The number of aromatic nitrogens is 2. The molecule has 2 aliphatic rings. The van der Waals surface area contributed by atoms with Crippen LogP contribution >= 0.6 is 63.7 Å². The molecule has 18 heteroatoms. The fourth-order valence-electron chi connectivity index (χ4n) is 4.45. The topological polar surface area (TPSA) is 204 Å². The Bertz CT molecular complexity index is 1490. The lowest BCUT2D eigenvalue weighted by molar-refractivity contribution is -0.376. The number of benzene rings is 1. The van der Waals surface area contributed by atoms with Crippen molar-refractivity contribution in [2.45, 2.75) is 37.4 Å². The van der Waals surface area contributed by atoms with Crippen LogP contribution in [0.25, 0.3) is 0 Å². The Morgan fingerprint density at radius 1 is 1.22 bits per heavy atom. The number of aromatic amines is 2.